The van der Waals surface area contributed by atoms with Gasteiger partial charge in [0.25, 0.3) is 0 Å². The van der Waals surface area contributed by atoms with Gasteiger partial charge in [0, 0.05) is 11.6 Å². The molecule has 1 aromatic heterocycles. The Hall–Kier alpha value is -1.65. The molecular weight excluding hydrogens is 166 g/mol. The normalized spacial score (nSPS) is 8.62. The average Bonchev–Trinajstić information content (AvgIpc) is 2.06. The molecule has 4 heteroatoms. The fourth-order valence-corrected chi connectivity index (χ4v) is 1.09. The molecule has 0 atom stereocenters. The molecule has 0 aliphatic rings. The minimum absolute atomic E-state index is 0. The van der Waals surface area contributed by atoms with E-state index in [2.05, 4.69) is 4.98 Å². The van der Waals surface area contributed by atoms with E-state index in [9.17, 15) is 5.11 Å². The largest absolute Gasteiger partial charge is 0.506 e. The lowest BCUT2D eigenvalue weighted by molar-refractivity contribution is 0.480. The molecule has 0 bridgehead atoms. The van der Waals surface area contributed by atoms with E-state index in [0.29, 0.717) is 5.52 Å². The van der Waals surface area contributed by atoms with Crippen molar-refractivity contribution in [1.82, 2.24) is 17.3 Å². The van der Waals surface area contributed by atoms with Gasteiger partial charge in [-0.2, -0.15) is 0 Å². The molecule has 0 saturated carbocycles. The van der Waals surface area contributed by atoms with Crippen LogP contribution in [0.1, 0.15) is 0 Å². The molecule has 70 valence electrons. The van der Waals surface area contributed by atoms with Crippen molar-refractivity contribution >= 4 is 10.9 Å². The summed E-state index contributed by atoms with van der Waals surface area (Å²) in [7, 11) is 0. The van der Waals surface area contributed by atoms with E-state index in [1.165, 1.54) is 0 Å². The van der Waals surface area contributed by atoms with Gasteiger partial charge in [0.05, 0.1) is 0 Å². The van der Waals surface area contributed by atoms with E-state index in [0.717, 1.165) is 5.39 Å². The van der Waals surface area contributed by atoms with Gasteiger partial charge in [-0.3, -0.25) is 4.98 Å². The van der Waals surface area contributed by atoms with Crippen LogP contribution < -0.4 is 12.3 Å². The van der Waals surface area contributed by atoms with Gasteiger partial charge in [-0.1, -0.05) is 18.2 Å². The molecule has 0 fully saturated rings. The summed E-state index contributed by atoms with van der Waals surface area (Å²) in [6.45, 7) is 0. The number of fused-ring (bicyclic) bond motifs is 1. The van der Waals surface area contributed by atoms with Crippen LogP contribution in [-0.4, -0.2) is 10.1 Å². The maximum atomic E-state index is 9.31. The van der Waals surface area contributed by atoms with Gasteiger partial charge in [-0.15, -0.1) is 0 Å². The van der Waals surface area contributed by atoms with Gasteiger partial charge < -0.3 is 17.4 Å². The molecule has 1 aromatic carbocycles. The first-order valence-electron chi connectivity index (χ1n) is 3.40. The highest BCUT2D eigenvalue weighted by Crippen LogP contribution is 2.20. The molecule has 2 aromatic rings. The minimum atomic E-state index is 0. The fraction of sp³-hybridized carbons (Fsp3) is 0. The minimum Gasteiger partial charge on any atom is -0.506 e. The van der Waals surface area contributed by atoms with Crippen molar-refractivity contribution in [3.05, 3.63) is 36.5 Å². The number of rotatable bonds is 0. The summed E-state index contributed by atoms with van der Waals surface area (Å²) in [5.41, 5.74) is 0.662. The van der Waals surface area contributed by atoms with Crippen molar-refractivity contribution in [3.8, 4) is 5.75 Å². The number of hydrogen-bond acceptors (Lipinski definition) is 4. The number of para-hydroxylation sites is 1. The maximum Gasteiger partial charge on any atom is 0.141 e. The van der Waals surface area contributed by atoms with Crippen LogP contribution in [0.15, 0.2) is 36.5 Å². The molecule has 0 unspecified atom stereocenters. The van der Waals surface area contributed by atoms with Crippen LogP contribution >= 0.6 is 0 Å². The molecule has 7 N–H and O–H groups in total. The zero-order chi connectivity index (χ0) is 7.68. The highest BCUT2D eigenvalue weighted by atomic mass is 16.3. The second kappa shape index (κ2) is 4.39. The lowest BCUT2D eigenvalue weighted by Gasteiger charge is -1.96. The molecule has 13 heavy (non-hydrogen) atoms. The van der Waals surface area contributed by atoms with Crippen molar-refractivity contribution in [3.63, 3.8) is 0 Å². The summed E-state index contributed by atoms with van der Waals surface area (Å²) in [4.78, 5) is 4.03. The average molecular weight is 179 g/mol. The van der Waals surface area contributed by atoms with Gasteiger partial charge in [0.15, 0.2) is 0 Å². The Morgan fingerprint density at radius 3 is 2.38 bits per heavy atom. The molecule has 0 aliphatic carbocycles. The number of hydrogen-bond donors (Lipinski definition) is 3. The van der Waals surface area contributed by atoms with E-state index in [4.69, 9.17) is 0 Å². The third-order valence-electron chi connectivity index (χ3n) is 1.61. The van der Waals surface area contributed by atoms with E-state index >= 15 is 0 Å². The van der Waals surface area contributed by atoms with Crippen LogP contribution in [-0.2, 0) is 0 Å². The molecule has 1 heterocycles. The quantitative estimate of drug-likeness (QED) is 0.577. The maximum absolute atomic E-state index is 9.31. The predicted octanol–water partition coefficient (Wildman–Crippen LogP) is 2.26. The van der Waals surface area contributed by atoms with Gasteiger partial charge in [0.1, 0.15) is 11.3 Å². The van der Waals surface area contributed by atoms with Crippen LogP contribution in [0.3, 0.4) is 0 Å². The molecule has 4 nitrogen and oxygen atoms in total. The first-order valence-corrected chi connectivity index (χ1v) is 3.40. The van der Waals surface area contributed by atoms with E-state index in [1.807, 2.05) is 18.2 Å². The predicted molar refractivity (Wildman–Crippen MR) is 53.5 cm³/mol. The Kier molecular flexibility index (Phi) is 3.84. The Balaban J connectivity index is 0.000000720. The van der Waals surface area contributed by atoms with Crippen molar-refractivity contribution in [2.45, 2.75) is 0 Å². The zero-order valence-corrected chi connectivity index (χ0v) is 7.27. The van der Waals surface area contributed by atoms with Crippen LogP contribution in [0.5, 0.6) is 5.75 Å². The Labute approximate surface area is 76.4 Å². The Morgan fingerprint density at radius 2 is 1.69 bits per heavy atom. The number of aromatic nitrogens is 1. The van der Waals surface area contributed by atoms with Gasteiger partial charge in [0.2, 0.25) is 0 Å². The first kappa shape index (κ1) is 11.4. The SMILES string of the molecule is N.N.Oc1cccc2cccnc12. The molecule has 0 amide bonds. The second-order valence-corrected chi connectivity index (χ2v) is 2.35. The number of pyridine rings is 1. The standard InChI is InChI=1S/C9H7NO.2H3N/c11-8-5-1-3-7-4-2-6-10-9(7)8;;/h1-6,11H;2*1H3. The smallest absolute Gasteiger partial charge is 0.141 e. The number of phenolic OH excluding ortho intramolecular Hbond substituents is 1. The van der Waals surface area contributed by atoms with Crippen LogP contribution in [0.25, 0.3) is 10.9 Å². The van der Waals surface area contributed by atoms with Gasteiger partial charge in [-0.05, 0) is 12.1 Å². The number of nitrogens with zero attached hydrogens (tertiary/aromatic N) is 1. The van der Waals surface area contributed by atoms with Crippen molar-refractivity contribution in [1.29, 1.82) is 0 Å². The molecular formula is C9H13N3O. The summed E-state index contributed by atoms with van der Waals surface area (Å²) in [6, 6.07) is 9.13. The fourth-order valence-electron chi connectivity index (χ4n) is 1.09. The molecule has 0 spiro atoms. The van der Waals surface area contributed by atoms with Crippen LogP contribution in [0.2, 0.25) is 0 Å². The molecule has 0 aliphatic heterocycles. The lowest BCUT2D eigenvalue weighted by atomic mass is 10.2. The third-order valence-corrected chi connectivity index (χ3v) is 1.61. The van der Waals surface area contributed by atoms with Crippen LogP contribution in [0.4, 0.5) is 0 Å². The van der Waals surface area contributed by atoms with Crippen molar-refractivity contribution in [2.75, 3.05) is 0 Å². The van der Waals surface area contributed by atoms with E-state index < -0.39 is 0 Å². The summed E-state index contributed by atoms with van der Waals surface area (Å²) in [6.07, 6.45) is 1.67. The highest BCUT2D eigenvalue weighted by molar-refractivity contribution is 5.83. The Bertz CT molecular complexity index is 384. The molecule has 0 saturated heterocycles. The molecule has 2 rings (SSSR count). The van der Waals surface area contributed by atoms with Crippen molar-refractivity contribution < 1.29 is 5.11 Å². The number of aromatic hydroxyl groups is 1. The number of phenols is 1. The molecule has 0 radical (unpaired) electrons. The van der Waals surface area contributed by atoms with E-state index in [1.54, 1.807) is 18.3 Å². The van der Waals surface area contributed by atoms with Crippen LogP contribution in [0, 0.1) is 0 Å². The monoisotopic (exact) mass is 179 g/mol. The first-order chi connectivity index (χ1) is 5.38. The number of benzene rings is 1. The third kappa shape index (κ3) is 1.93. The van der Waals surface area contributed by atoms with Gasteiger partial charge >= 0.3 is 0 Å². The Morgan fingerprint density at radius 1 is 1.00 bits per heavy atom. The second-order valence-electron chi connectivity index (χ2n) is 2.35. The highest BCUT2D eigenvalue weighted by Gasteiger charge is 1.96. The zero-order valence-electron chi connectivity index (χ0n) is 7.27. The van der Waals surface area contributed by atoms with Crippen molar-refractivity contribution in [2.24, 2.45) is 0 Å². The summed E-state index contributed by atoms with van der Waals surface area (Å²) < 4.78 is 0. The topological polar surface area (TPSA) is 103 Å². The summed E-state index contributed by atoms with van der Waals surface area (Å²) in [5, 5.41) is 10.3. The lowest BCUT2D eigenvalue weighted by Crippen LogP contribution is -1.76. The van der Waals surface area contributed by atoms with E-state index in [-0.39, 0.29) is 18.1 Å². The summed E-state index contributed by atoms with van der Waals surface area (Å²) >= 11 is 0. The summed E-state index contributed by atoms with van der Waals surface area (Å²) in [5.74, 6) is 0.239. The van der Waals surface area contributed by atoms with Gasteiger partial charge in [-0.25, -0.2) is 0 Å².